The number of hydrogen-bond donors (Lipinski definition) is 4. The van der Waals surface area contributed by atoms with Gasteiger partial charge in [-0.05, 0) is 31.9 Å². The quantitative estimate of drug-likeness (QED) is 0.234. The third-order valence-electron chi connectivity index (χ3n) is 6.32. The second-order valence-corrected chi connectivity index (χ2v) is 10.2. The average Bonchev–Trinajstić information content (AvgIpc) is 3.68. The van der Waals surface area contributed by atoms with Crippen LogP contribution in [0.25, 0.3) is 33.2 Å². The lowest BCUT2D eigenvalue weighted by atomic mass is 10.0. The van der Waals surface area contributed by atoms with Crippen molar-refractivity contribution in [2.75, 3.05) is 11.9 Å². The van der Waals surface area contributed by atoms with Crippen molar-refractivity contribution in [2.24, 2.45) is 0 Å². The van der Waals surface area contributed by atoms with E-state index in [1.54, 1.807) is 13.0 Å². The molecular weight excluding hydrogens is 549 g/mol. The van der Waals surface area contributed by atoms with E-state index in [0.29, 0.717) is 28.8 Å². The number of aromatic amines is 1. The number of nitrogens with zero attached hydrogens (tertiary/aromatic N) is 4. The second kappa shape index (κ2) is 11.6. The van der Waals surface area contributed by atoms with Gasteiger partial charge >= 0.3 is 18.0 Å². The number of hydrogen-bond acceptors (Lipinski definition) is 9. The zero-order valence-electron chi connectivity index (χ0n) is 21.3. The van der Waals surface area contributed by atoms with Crippen molar-refractivity contribution in [3.63, 3.8) is 0 Å². The summed E-state index contributed by atoms with van der Waals surface area (Å²) in [5.74, 6) is -0.622. The van der Waals surface area contributed by atoms with Crippen LogP contribution in [0, 0.1) is 0 Å². The molecule has 5 rings (SSSR count). The van der Waals surface area contributed by atoms with Gasteiger partial charge < -0.3 is 15.1 Å². The number of urea groups is 1. The molecule has 0 atom stereocenters. The monoisotopic (exact) mass is 574 g/mol. The predicted molar refractivity (Wildman–Crippen MR) is 141 cm³/mol. The maximum Gasteiger partial charge on any atom is 0.434 e. The Morgan fingerprint density at radius 1 is 1.15 bits per heavy atom. The maximum atomic E-state index is 14.1. The molecule has 1 fully saturated rings. The van der Waals surface area contributed by atoms with Crippen molar-refractivity contribution in [3.8, 4) is 33.2 Å². The first-order valence-corrected chi connectivity index (χ1v) is 13.4. The topological polar surface area (TPSA) is 151 Å². The minimum absolute atomic E-state index is 0.00253. The van der Waals surface area contributed by atoms with Crippen molar-refractivity contribution in [1.29, 1.82) is 0 Å². The first-order valence-electron chi connectivity index (χ1n) is 12.6. The molecule has 0 unspecified atom stereocenters. The number of thiazole rings is 1. The van der Waals surface area contributed by atoms with Gasteiger partial charge in [0.15, 0.2) is 5.69 Å². The van der Waals surface area contributed by atoms with E-state index in [1.807, 2.05) is 0 Å². The van der Waals surface area contributed by atoms with Crippen LogP contribution in [0.15, 0.2) is 39.9 Å². The van der Waals surface area contributed by atoms with Crippen LogP contribution < -0.4 is 21.7 Å². The second-order valence-electron chi connectivity index (χ2n) is 9.13. The Kier molecular flexibility index (Phi) is 7.93. The Bertz CT molecular complexity index is 1560. The van der Waals surface area contributed by atoms with Gasteiger partial charge in [0.05, 0.1) is 10.4 Å². The van der Waals surface area contributed by atoms with Gasteiger partial charge in [-0.25, -0.2) is 24.7 Å². The number of rotatable bonds is 8. The molecule has 15 heteroatoms. The molecule has 0 aromatic carbocycles. The number of carbonyl (C=O) groups is 1. The highest BCUT2D eigenvalue weighted by Gasteiger charge is 2.38. The number of H-pyrrole nitrogens is 1. The number of nitrogens with one attached hydrogen (secondary N) is 4. The summed E-state index contributed by atoms with van der Waals surface area (Å²) in [6.07, 6.45) is 3.64. The van der Waals surface area contributed by atoms with Crippen LogP contribution in [0.3, 0.4) is 0 Å². The van der Waals surface area contributed by atoms with Gasteiger partial charge in [0, 0.05) is 54.4 Å². The summed E-state index contributed by atoms with van der Waals surface area (Å²) in [4.78, 5) is 36.1. The summed E-state index contributed by atoms with van der Waals surface area (Å²) in [6, 6.07) is 2.75. The Hall–Kier alpha value is -4.11. The van der Waals surface area contributed by atoms with Gasteiger partial charge in [0.25, 0.3) is 5.89 Å². The number of halogens is 3. The molecule has 11 nitrogen and oxygen atoms in total. The zero-order chi connectivity index (χ0) is 28.3. The van der Waals surface area contributed by atoms with E-state index in [4.69, 9.17) is 4.42 Å². The van der Waals surface area contributed by atoms with Gasteiger partial charge in [-0.3, -0.25) is 10.3 Å². The molecule has 4 aromatic heterocycles. The molecule has 1 aliphatic rings. The van der Waals surface area contributed by atoms with Crippen LogP contribution in [0.2, 0.25) is 0 Å². The van der Waals surface area contributed by atoms with Crippen LogP contribution in [0.5, 0.6) is 0 Å². The van der Waals surface area contributed by atoms with Crippen molar-refractivity contribution in [3.05, 3.63) is 51.8 Å². The highest BCUT2D eigenvalue weighted by atomic mass is 32.1. The molecule has 4 heterocycles. The first kappa shape index (κ1) is 27.5. The fourth-order valence-corrected chi connectivity index (χ4v) is 5.55. The summed E-state index contributed by atoms with van der Waals surface area (Å²) in [7, 11) is 0. The van der Waals surface area contributed by atoms with Gasteiger partial charge in [0.2, 0.25) is 0 Å². The zero-order valence-corrected chi connectivity index (χ0v) is 22.1. The number of anilines is 1. The third kappa shape index (κ3) is 6.20. The standard InChI is InChI=1S/C25H25F3N8O3S/c1-2-30-23(37)33-19-8-16(17(11-32-19)13-7-14(10-29-9-13)21-35-36-24(38)39-21)22-34-20(25(26,27)28)18(40-22)12-31-15-5-3-4-6-15/h7-11,15,31H,2-6,12H2,1H3,(H,36,38)(H2,30,32,33,37). The SMILES string of the molecule is CCNC(=O)Nc1cc(-c2nc(C(F)(F)F)c(CNC3CCCC3)s2)c(-c2cncc(-c3n[nH]c(=O)o3)c2)cn1. The molecule has 0 bridgehead atoms. The number of aromatic nitrogens is 5. The summed E-state index contributed by atoms with van der Waals surface area (Å²) < 4.78 is 47.2. The van der Waals surface area contributed by atoms with Gasteiger partial charge in [0.1, 0.15) is 10.8 Å². The molecule has 40 heavy (non-hydrogen) atoms. The van der Waals surface area contributed by atoms with Crippen LogP contribution >= 0.6 is 11.3 Å². The van der Waals surface area contributed by atoms with Crippen molar-refractivity contribution in [2.45, 2.75) is 51.4 Å². The van der Waals surface area contributed by atoms with E-state index in [9.17, 15) is 22.8 Å². The fraction of sp³-hybridized carbons (Fsp3) is 0.360. The minimum atomic E-state index is -4.66. The first-order chi connectivity index (χ1) is 19.2. The van der Waals surface area contributed by atoms with Crippen molar-refractivity contribution in [1.82, 2.24) is 35.8 Å². The molecule has 2 amide bonds. The van der Waals surface area contributed by atoms with E-state index < -0.39 is 23.7 Å². The predicted octanol–water partition coefficient (Wildman–Crippen LogP) is 4.80. The van der Waals surface area contributed by atoms with Crippen molar-refractivity contribution < 1.29 is 22.4 Å². The molecule has 0 aliphatic heterocycles. The van der Waals surface area contributed by atoms with E-state index in [1.165, 1.54) is 24.7 Å². The lowest BCUT2D eigenvalue weighted by Gasteiger charge is -2.12. The van der Waals surface area contributed by atoms with Crippen molar-refractivity contribution >= 4 is 23.2 Å². The molecule has 4 aromatic rings. The number of amides is 2. The van der Waals surface area contributed by atoms with Crippen LogP contribution in [0.4, 0.5) is 23.8 Å². The largest absolute Gasteiger partial charge is 0.434 e. The van der Waals surface area contributed by atoms with E-state index in [0.717, 1.165) is 37.0 Å². The van der Waals surface area contributed by atoms with Crippen LogP contribution in [-0.4, -0.2) is 43.8 Å². The highest BCUT2D eigenvalue weighted by molar-refractivity contribution is 7.15. The molecule has 0 saturated heterocycles. The van der Waals surface area contributed by atoms with Crippen LogP contribution in [-0.2, 0) is 12.7 Å². The van der Waals surface area contributed by atoms with E-state index in [-0.39, 0.29) is 34.2 Å². The Balaban J connectivity index is 1.59. The smallest absolute Gasteiger partial charge is 0.388 e. The summed E-state index contributed by atoms with van der Waals surface area (Å²) in [5, 5.41) is 14.5. The molecule has 1 aliphatic carbocycles. The molecule has 1 saturated carbocycles. The summed E-state index contributed by atoms with van der Waals surface area (Å²) in [5.41, 5.74) is 0.593. The molecule has 0 radical (unpaired) electrons. The average molecular weight is 575 g/mol. The summed E-state index contributed by atoms with van der Waals surface area (Å²) >= 11 is 0.926. The van der Waals surface area contributed by atoms with Gasteiger partial charge in [-0.15, -0.1) is 16.4 Å². The number of carbonyl (C=O) groups excluding carboxylic acids is 1. The normalized spacial score (nSPS) is 14.0. The number of alkyl halides is 3. The molecule has 4 N–H and O–H groups in total. The molecule has 210 valence electrons. The lowest BCUT2D eigenvalue weighted by molar-refractivity contribution is -0.141. The molecular formula is C25H25F3N8O3S. The third-order valence-corrected chi connectivity index (χ3v) is 7.41. The Morgan fingerprint density at radius 3 is 2.62 bits per heavy atom. The minimum Gasteiger partial charge on any atom is -0.388 e. The van der Waals surface area contributed by atoms with E-state index >= 15 is 0 Å². The van der Waals surface area contributed by atoms with Gasteiger partial charge in [-0.1, -0.05) is 12.8 Å². The Morgan fingerprint density at radius 2 is 1.93 bits per heavy atom. The highest BCUT2D eigenvalue weighted by Crippen LogP contribution is 2.41. The fourth-order valence-electron chi connectivity index (χ4n) is 4.48. The van der Waals surface area contributed by atoms with Crippen LogP contribution in [0.1, 0.15) is 43.2 Å². The summed E-state index contributed by atoms with van der Waals surface area (Å²) in [6.45, 7) is 2.16. The van der Waals surface area contributed by atoms with E-state index in [2.05, 4.69) is 41.1 Å². The van der Waals surface area contributed by atoms with Gasteiger partial charge in [-0.2, -0.15) is 13.2 Å². The maximum absolute atomic E-state index is 14.1. The number of pyridine rings is 2. The molecule has 0 spiro atoms. The lowest BCUT2D eigenvalue weighted by Crippen LogP contribution is -2.28. The Labute approximate surface area is 229 Å².